The molecule has 0 aliphatic carbocycles. The number of thiazole rings is 1. The van der Waals surface area contributed by atoms with Crippen molar-refractivity contribution in [1.82, 2.24) is 20.5 Å². The van der Waals surface area contributed by atoms with Crippen LogP contribution in [-0.2, 0) is 28.8 Å². The van der Waals surface area contributed by atoms with Gasteiger partial charge in [-0.25, -0.2) is 9.78 Å². The standard InChI is InChI=1S/C18H20N6O7S2/c1-30-23-11(8-5-33-18(19)21-8)14(26)22-12-15(27)24-13(17(28)29)9(6-32-16(12)24)31-4-7-2-3-10(25)20-7/h5,7,12,16H,2-4,6H2,1H3,(H2,19,21)(H,20,25)(H,22,26)(H,28,29)/b23-11-/t7-,12+,16+/m0/s1. The zero-order chi connectivity index (χ0) is 23.7. The van der Waals surface area contributed by atoms with Crippen LogP contribution in [0.15, 0.2) is 22.0 Å². The maximum absolute atomic E-state index is 12.8. The molecule has 2 saturated heterocycles. The molecule has 0 saturated carbocycles. The van der Waals surface area contributed by atoms with Gasteiger partial charge < -0.3 is 31.0 Å². The number of carboxylic acid groups (broad SMARTS) is 1. The summed E-state index contributed by atoms with van der Waals surface area (Å²) < 4.78 is 5.66. The van der Waals surface area contributed by atoms with Crippen LogP contribution in [0.2, 0.25) is 0 Å². The van der Waals surface area contributed by atoms with Gasteiger partial charge in [0.1, 0.15) is 36.6 Å². The fourth-order valence-corrected chi connectivity index (χ4v) is 5.43. The Hall–Kier alpha value is -3.33. The van der Waals surface area contributed by atoms with Crippen molar-refractivity contribution in [2.24, 2.45) is 5.16 Å². The van der Waals surface area contributed by atoms with Gasteiger partial charge in [0.25, 0.3) is 11.8 Å². The number of carbonyl (C=O) groups is 4. The van der Waals surface area contributed by atoms with Gasteiger partial charge in [-0.2, -0.15) is 0 Å². The number of nitrogens with two attached hydrogens (primary N) is 1. The van der Waals surface area contributed by atoms with Crippen molar-refractivity contribution in [1.29, 1.82) is 0 Å². The van der Waals surface area contributed by atoms with Gasteiger partial charge in [0, 0.05) is 11.8 Å². The number of nitrogens with one attached hydrogen (secondary N) is 2. The van der Waals surface area contributed by atoms with E-state index >= 15 is 0 Å². The van der Waals surface area contributed by atoms with Gasteiger partial charge in [-0.05, 0) is 6.42 Å². The Morgan fingerprint density at radius 2 is 2.24 bits per heavy atom. The SMILES string of the molecule is CO/N=C(\C(=O)N[C@@H]1C(=O)N2C(C(=O)O)=C(OC[C@@H]3CCC(=O)N3)CS[C@H]12)c1csc(N)n1. The van der Waals surface area contributed by atoms with Gasteiger partial charge >= 0.3 is 5.97 Å². The zero-order valence-corrected chi connectivity index (χ0v) is 18.9. The minimum absolute atomic E-state index is 0.0812. The average molecular weight is 497 g/mol. The number of amides is 3. The van der Waals surface area contributed by atoms with E-state index in [9.17, 15) is 24.3 Å². The molecule has 0 aromatic carbocycles. The van der Waals surface area contributed by atoms with Gasteiger partial charge in [0.05, 0.1) is 11.8 Å². The topological polar surface area (TPSA) is 186 Å². The lowest BCUT2D eigenvalue weighted by molar-refractivity contribution is -0.150. The number of thioether (sulfide) groups is 1. The Kier molecular flexibility index (Phi) is 6.42. The summed E-state index contributed by atoms with van der Waals surface area (Å²) in [4.78, 5) is 58.6. The quantitative estimate of drug-likeness (QED) is 0.199. The van der Waals surface area contributed by atoms with Crippen molar-refractivity contribution in [3.63, 3.8) is 0 Å². The summed E-state index contributed by atoms with van der Waals surface area (Å²) in [6, 6.07) is -1.18. The Balaban J connectivity index is 1.46. The number of hydrogen-bond acceptors (Lipinski definition) is 11. The highest BCUT2D eigenvalue weighted by Gasteiger charge is 2.55. The molecule has 0 bridgehead atoms. The molecule has 4 heterocycles. The van der Waals surface area contributed by atoms with Gasteiger partial charge in [-0.3, -0.25) is 19.3 Å². The van der Waals surface area contributed by atoms with E-state index in [1.165, 1.54) is 24.3 Å². The number of oxime groups is 1. The highest BCUT2D eigenvalue weighted by molar-refractivity contribution is 8.00. The molecule has 3 aliphatic rings. The molecule has 3 atom stereocenters. The third-order valence-corrected chi connectivity index (χ3v) is 7.06. The van der Waals surface area contributed by atoms with E-state index in [4.69, 9.17) is 15.3 Å². The minimum Gasteiger partial charge on any atom is -0.492 e. The van der Waals surface area contributed by atoms with Crippen LogP contribution >= 0.6 is 23.1 Å². The van der Waals surface area contributed by atoms with Gasteiger partial charge in [0.2, 0.25) is 5.91 Å². The second-order valence-electron chi connectivity index (χ2n) is 7.25. The van der Waals surface area contributed by atoms with Gasteiger partial charge in [0.15, 0.2) is 16.5 Å². The number of aromatic nitrogens is 1. The summed E-state index contributed by atoms with van der Waals surface area (Å²) >= 11 is 2.37. The van der Waals surface area contributed by atoms with E-state index in [1.54, 1.807) is 0 Å². The summed E-state index contributed by atoms with van der Waals surface area (Å²) in [5.41, 5.74) is 5.38. The highest BCUT2D eigenvalue weighted by Crippen LogP contribution is 2.40. The number of aliphatic carboxylic acids is 1. The van der Waals surface area contributed by atoms with Crippen LogP contribution < -0.4 is 16.4 Å². The van der Waals surface area contributed by atoms with Crippen molar-refractivity contribution in [3.8, 4) is 0 Å². The molecule has 2 fully saturated rings. The molecule has 33 heavy (non-hydrogen) atoms. The molecule has 15 heteroatoms. The number of nitrogens with zero attached hydrogens (tertiary/aromatic N) is 3. The number of β-lactam (4-membered cyclic amide) rings is 1. The van der Waals surface area contributed by atoms with Crippen LogP contribution in [0, 0.1) is 0 Å². The number of anilines is 1. The zero-order valence-electron chi connectivity index (χ0n) is 17.3. The second-order valence-corrected chi connectivity index (χ2v) is 9.24. The van der Waals surface area contributed by atoms with E-state index in [0.717, 1.165) is 16.2 Å². The average Bonchev–Trinajstić information content (AvgIpc) is 3.40. The molecular formula is C18H20N6O7S2. The lowest BCUT2D eigenvalue weighted by Gasteiger charge is -2.49. The minimum atomic E-state index is -1.32. The van der Waals surface area contributed by atoms with Crippen LogP contribution in [0.4, 0.5) is 5.13 Å². The lowest BCUT2D eigenvalue weighted by Crippen LogP contribution is -2.71. The normalized spacial score (nSPS) is 24.7. The number of carboxylic acids is 1. The first-order chi connectivity index (χ1) is 15.8. The summed E-state index contributed by atoms with van der Waals surface area (Å²) in [6.45, 7) is 0.110. The molecule has 176 valence electrons. The van der Waals surface area contributed by atoms with Crippen molar-refractivity contribution in [3.05, 3.63) is 22.5 Å². The Bertz CT molecular complexity index is 1070. The molecular weight excluding hydrogens is 476 g/mol. The fraction of sp³-hybridized carbons (Fsp3) is 0.444. The van der Waals surface area contributed by atoms with Crippen LogP contribution in [0.25, 0.3) is 0 Å². The molecule has 4 rings (SSSR count). The van der Waals surface area contributed by atoms with Crippen molar-refractivity contribution < 1.29 is 33.9 Å². The van der Waals surface area contributed by atoms with E-state index in [0.29, 0.717) is 12.8 Å². The first-order valence-electron chi connectivity index (χ1n) is 9.76. The van der Waals surface area contributed by atoms with Crippen LogP contribution in [-0.4, -0.2) is 81.3 Å². The first kappa shape index (κ1) is 22.8. The Morgan fingerprint density at radius 1 is 1.45 bits per heavy atom. The summed E-state index contributed by atoms with van der Waals surface area (Å²) in [5, 5.41) is 19.8. The van der Waals surface area contributed by atoms with Crippen LogP contribution in [0.3, 0.4) is 0 Å². The maximum Gasteiger partial charge on any atom is 0.356 e. The predicted molar refractivity (Wildman–Crippen MR) is 117 cm³/mol. The summed E-state index contributed by atoms with van der Waals surface area (Å²) in [5.74, 6) is -2.37. The lowest BCUT2D eigenvalue weighted by atomic mass is 10.0. The predicted octanol–water partition coefficient (Wildman–Crippen LogP) is -0.933. The number of fused-ring (bicyclic) bond motifs is 1. The monoisotopic (exact) mass is 496 g/mol. The van der Waals surface area contributed by atoms with Crippen molar-refractivity contribution in [2.75, 3.05) is 25.2 Å². The molecule has 0 unspecified atom stereocenters. The van der Waals surface area contributed by atoms with E-state index in [1.807, 2.05) is 0 Å². The van der Waals surface area contributed by atoms with Crippen LogP contribution in [0.1, 0.15) is 18.5 Å². The summed E-state index contributed by atoms with van der Waals surface area (Å²) in [6.07, 6.45) is 0.987. The summed E-state index contributed by atoms with van der Waals surface area (Å²) in [7, 11) is 1.26. The third-order valence-electron chi connectivity index (χ3n) is 5.13. The number of rotatable bonds is 8. The Morgan fingerprint density at radius 3 is 2.85 bits per heavy atom. The number of nitrogen functional groups attached to an aromatic ring is 1. The molecule has 0 spiro atoms. The molecule has 5 N–H and O–H groups in total. The number of carbonyl (C=O) groups excluding carboxylic acids is 3. The van der Waals surface area contributed by atoms with E-state index in [2.05, 4.69) is 20.8 Å². The molecule has 13 nitrogen and oxygen atoms in total. The van der Waals surface area contributed by atoms with E-state index < -0.39 is 29.2 Å². The fourth-order valence-electron chi connectivity index (χ4n) is 3.61. The smallest absolute Gasteiger partial charge is 0.356 e. The van der Waals surface area contributed by atoms with Gasteiger partial charge in [-0.15, -0.1) is 23.1 Å². The molecule has 3 amide bonds. The molecule has 0 radical (unpaired) electrons. The highest BCUT2D eigenvalue weighted by atomic mass is 32.2. The Labute approximate surface area is 195 Å². The largest absolute Gasteiger partial charge is 0.492 e. The number of hydrogen-bond donors (Lipinski definition) is 4. The van der Waals surface area contributed by atoms with Crippen molar-refractivity contribution >= 4 is 57.6 Å². The number of ether oxygens (including phenoxy) is 1. The molecule has 3 aliphatic heterocycles. The second kappa shape index (κ2) is 9.27. The molecule has 1 aromatic heterocycles. The molecule has 1 aromatic rings. The van der Waals surface area contributed by atoms with Crippen molar-refractivity contribution in [2.45, 2.75) is 30.3 Å². The third kappa shape index (κ3) is 4.45. The van der Waals surface area contributed by atoms with Crippen LogP contribution in [0.5, 0.6) is 0 Å². The first-order valence-corrected chi connectivity index (χ1v) is 11.7. The van der Waals surface area contributed by atoms with E-state index in [-0.39, 0.29) is 52.3 Å². The maximum atomic E-state index is 12.8. The van der Waals surface area contributed by atoms with Gasteiger partial charge in [-0.1, -0.05) is 5.16 Å².